The molecular weight excluding hydrogens is 240 g/mol. The van der Waals surface area contributed by atoms with E-state index >= 15 is 0 Å². The minimum absolute atomic E-state index is 1.02. The van der Waals surface area contributed by atoms with E-state index in [1.54, 1.807) is 0 Å². The first kappa shape index (κ1) is 14.2. The van der Waals surface area contributed by atoms with Crippen LogP contribution in [0.3, 0.4) is 0 Å². The Kier molecular flexibility index (Phi) is 5.21. The molecule has 0 heterocycles. The van der Waals surface area contributed by atoms with Crippen LogP contribution in [-0.2, 0) is 6.42 Å². The van der Waals surface area contributed by atoms with Crippen LogP contribution in [0.25, 0.3) is 6.08 Å². The van der Waals surface area contributed by atoms with Crippen molar-refractivity contribution in [2.45, 2.75) is 26.7 Å². The van der Waals surface area contributed by atoms with Gasteiger partial charge >= 0.3 is 0 Å². The lowest BCUT2D eigenvalue weighted by Gasteiger charge is -2.00. The van der Waals surface area contributed by atoms with E-state index in [0.29, 0.717) is 0 Å². The van der Waals surface area contributed by atoms with Crippen molar-refractivity contribution < 1.29 is 0 Å². The maximum Gasteiger partial charge on any atom is 0.0321 e. The molecule has 0 bridgehead atoms. The normalized spacial score (nSPS) is 10.3. The molecule has 20 heavy (non-hydrogen) atoms. The van der Waals surface area contributed by atoms with Crippen molar-refractivity contribution >= 4 is 6.08 Å². The van der Waals surface area contributed by atoms with Crippen LogP contribution in [0, 0.1) is 11.8 Å². The third kappa shape index (κ3) is 3.62. The van der Waals surface area contributed by atoms with Crippen LogP contribution in [0.4, 0.5) is 0 Å². The molecule has 0 saturated heterocycles. The highest BCUT2D eigenvalue weighted by atomic mass is 14.0. The molecule has 2 aromatic carbocycles. The number of hydrogen-bond donors (Lipinski definition) is 0. The summed E-state index contributed by atoms with van der Waals surface area (Å²) in [6, 6.07) is 16.6. The number of rotatable bonds is 3. The van der Waals surface area contributed by atoms with Gasteiger partial charge in [0.1, 0.15) is 0 Å². The molecular formula is C20H20. The van der Waals surface area contributed by atoms with Crippen molar-refractivity contribution in [1.82, 2.24) is 0 Å². The second-order valence-corrected chi connectivity index (χ2v) is 4.66. The first-order chi connectivity index (χ1) is 9.85. The summed E-state index contributed by atoms with van der Waals surface area (Å²) in [6.07, 6.45) is 6.37. The highest BCUT2D eigenvalue weighted by Crippen LogP contribution is 2.12. The lowest BCUT2D eigenvalue weighted by atomic mass is 10.0. The molecule has 0 unspecified atom stereocenters. The van der Waals surface area contributed by atoms with Crippen molar-refractivity contribution in [3.63, 3.8) is 0 Å². The molecule has 100 valence electrons. The Labute approximate surface area is 122 Å². The molecule has 0 aliphatic rings. The topological polar surface area (TPSA) is 0 Å². The minimum Gasteiger partial charge on any atom is -0.0842 e. The fourth-order valence-electron chi connectivity index (χ4n) is 2.09. The van der Waals surface area contributed by atoms with Gasteiger partial charge in [0.15, 0.2) is 0 Å². The maximum absolute atomic E-state index is 3.31. The first-order valence-corrected chi connectivity index (χ1v) is 7.20. The van der Waals surface area contributed by atoms with Crippen LogP contribution in [0.2, 0.25) is 0 Å². The third-order valence-electron chi connectivity index (χ3n) is 3.22. The average molecular weight is 260 g/mol. The Balaban J connectivity index is 2.36. The summed E-state index contributed by atoms with van der Waals surface area (Å²) in [4.78, 5) is 0. The predicted octanol–water partition coefficient (Wildman–Crippen LogP) is 5.07. The molecule has 0 fully saturated rings. The molecule has 0 amide bonds. The molecule has 0 N–H and O–H groups in total. The molecule has 0 spiro atoms. The van der Waals surface area contributed by atoms with E-state index in [-0.39, 0.29) is 0 Å². The monoisotopic (exact) mass is 260 g/mol. The number of benzene rings is 2. The molecule has 0 radical (unpaired) electrons. The smallest absolute Gasteiger partial charge is 0.0321 e. The van der Waals surface area contributed by atoms with Crippen LogP contribution >= 0.6 is 0 Å². The zero-order valence-corrected chi connectivity index (χ0v) is 12.2. The number of aryl methyl sites for hydroxylation is 1. The van der Waals surface area contributed by atoms with E-state index in [4.69, 9.17) is 0 Å². The number of hydrogen-bond acceptors (Lipinski definition) is 0. The van der Waals surface area contributed by atoms with E-state index in [2.05, 4.69) is 74.2 Å². The Hall–Kier alpha value is -2.26. The van der Waals surface area contributed by atoms with Gasteiger partial charge < -0.3 is 0 Å². The minimum atomic E-state index is 1.02. The van der Waals surface area contributed by atoms with E-state index in [1.807, 2.05) is 12.1 Å². The molecule has 0 nitrogen and oxygen atoms in total. The van der Waals surface area contributed by atoms with Gasteiger partial charge in [-0.25, -0.2) is 0 Å². The van der Waals surface area contributed by atoms with Crippen molar-refractivity contribution in [3.05, 3.63) is 76.9 Å². The summed E-state index contributed by atoms with van der Waals surface area (Å²) in [6.45, 7) is 4.31. The average Bonchev–Trinajstić information content (AvgIpc) is 2.52. The molecule has 0 aliphatic carbocycles. The second kappa shape index (κ2) is 7.36. The van der Waals surface area contributed by atoms with Gasteiger partial charge in [-0.05, 0) is 36.1 Å². The Morgan fingerprint density at radius 3 is 2.25 bits per heavy atom. The molecule has 2 aromatic rings. The van der Waals surface area contributed by atoms with Crippen LogP contribution in [0.5, 0.6) is 0 Å². The van der Waals surface area contributed by atoms with Crippen molar-refractivity contribution in [3.8, 4) is 11.8 Å². The molecule has 0 atom stereocenters. The molecule has 0 saturated carbocycles. The predicted molar refractivity (Wildman–Crippen MR) is 87.6 cm³/mol. The molecule has 0 aromatic heterocycles. The standard InChI is InChI=1S/C20H20/c1-3-5-10-18-12-8-9-14-20(18)16-15-19-13-7-6-11-17(19)4-2/h5-14H,3-4H2,1-2H3. The SMILES string of the molecule is CCC=Cc1ccccc1C#Cc1ccccc1CC. The van der Waals surface area contributed by atoms with E-state index in [1.165, 1.54) is 11.1 Å². The molecule has 0 aliphatic heterocycles. The van der Waals surface area contributed by atoms with Crippen molar-refractivity contribution in [1.29, 1.82) is 0 Å². The van der Waals surface area contributed by atoms with Gasteiger partial charge in [0.05, 0.1) is 0 Å². The van der Waals surface area contributed by atoms with E-state index in [0.717, 1.165) is 24.0 Å². The third-order valence-corrected chi connectivity index (χ3v) is 3.22. The summed E-state index contributed by atoms with van der Waals surface area (Å²) in [7, 11) is 0. The first-order valence-electron chi connectivity index (χ1n) is 7.20. The fourth-order valence-corrected chi connectivity index (χ4v) is 2.09. The zero-order valence-electron chi connectivity index (χ0n) is 12.2. The van der Waals surface area contributed by atoms with Gasteiger partial charge in [-0.15, -0.1) is 0 Å². The number of allylic oxidation sites excluding steroid dienone is 1. The van der Waals surface area contributed by atoms with Crippen LogP contribution in [0.15, 0.2) is 54.6 Å². The van der Waals surface area contributed by atoms with Gasteiger partial charge in [0, 0.05) is 11.1 Å². The summed E-state index contributed by atoms with van der Waals surface area (Å²) < 4.78 is 0. The van der Waals surface area contributed by atoms with Crippen LogP contribution in [0.1, 0.15) is 42.5 Å². The highest BCUT2D eigenvalue weighted by Gasteiger charge is 1.97. The summed E-state index contributed by atoms with van der Waals surface area (Å²) in [5, 5.41) is 0. The van der Waals surface area contributed by atoms with Gasteiger partial charge in [0.2, 0.25) is 0 Å². The van der Waals surface area contributed by atoms with Gasteiger partial charge in [-0.2, -0.15) is 0 Å². The fraction of sp³-hybridized carbons (Fsp3) is 0.200. The lowest BCUT2D eigenvalue weighted by Crippen LogP contribution is -1.87. The summed E-state index contributed by atoms with van der Waals surface area (Å²) >= 11 is 0. The summed E-state index contributed by atoms with van der Waals surface area (Å²) in [5.41, 5.74) is 4.71. The van der Waals surface area contributed by atoms with Crippen molar-refractivity contribution in [2.24, 2.45) is 0 Å². The van der Waals surface area contributed by atoms with Crippen molar-refractivity contribution in [2.75, 3.05) is 0 Å². The van der Waals surface area contributed by atoms with E-state index < -0.39 is 0 Å². The Bertz CT molecular complexity index is 651. The second-order valence-electron chi connectivity index (χ2n) is 4.66. The highest BCUT2D eigenvalue weighted by molar-refractivity contribution is 5.60. The van der Waals surface area contributed by atoms with E-state index in [9.17, 15) is 0 Å². The van der Waals surface area contributed by atoms with Crippen LogP contribution < -0.4 is 0 Å². The molecule has 0 heteroatoms. The lowest BCUT2D eigenvalue weighted by molar-refractivity contribution is 1.13. The quantitative estimate of drug-likeness (QED) is 0.676. The largest absolute Gasteiger partial charge is 0.0842 e. The Morgan fingerprint density at radius 1 is 0.850 bits per heavy atom. The van der Waals surface area contributed by atoms with Gasteiger partial charge in [-0.3, -0.25) is 0 Å². The van der Waals surface area contributed by atoms with Gasteiger partial charge in [-0.1, -0.05) is 74.2 Å². The zero-order chi connectivity index (χ0) is 14.2. The molecule has 2 rings (SSSR count). The van der Waals surface area contributed by atoms with Gasteiger partial charge in [0.25, 0.3) is 0 Å². The van der Waals surface area contributed by atoms with Crippen LogP contribution in [-0.4, -0.2) is 0 Å². The summed E-state index contributed by atoms with van der Waals surface area (Å²) in [5.74, 6) is 6.63. The Morgan fingerprint density at radius 2 is 1.50 bits per heavy atom. The maximum atomic E-state index is 3.31.